The van der Waals surface area contributed by atoms with Gasteiger partial charge >= 0.3 is 0 Å². The Balaban J connectivity index is 1.62. The summed E-state index contributed by atoms with van der Waals surface area (Å²) in [4.78, 5) is 26.2. The van der Waals surface area contributed by atoms with Crippen LogP contribution in [0.2, 0.25) is 0 Å². The number of carbonyl (C=O) groups excluding carboxylic acids is 2. The lowest BCUT2D eigenvalue weighted by Crippen LogP contribution is -2.51. The van der Waals surface area contributed by atoms with E-state index in [1.165, 1.54) is 42.7 Å². The van der Waals surface area contributed by atoms with Crippen molar-refractivity contribution >= 4 is 23.7 Å². The standard InChI is InChI=1S/C24H28FN3O5/c1-16(29)22(24(31)27-32)26-23(30)20-8-6-19(7-9-20)21(25)14-17-2-4-18(5-3-17)15-28-10-12-33-13-11-28/h2-9,14,16,22,29,32H,10-13,15H2,1H3,(H,26,30)(H,27,31)/b21-14+/t16-,22+/m1/s1. The maximum absolute atomic E-state index is 14.7. The minimum absolute atomic E-state index is 0.176. The van der Waals surface area contributed by atoms with Crippen molar-refractivity contribution in [1.29, 1.82) is 0 Å². The number of ether oxygens (including phenoxy) is 1. The summed E-state index contributed by atoms with van der Waals surface area (Å²) in [5.74, 6) is -2.04. The highest BCUT2D eigenvalue weighted by atomic mass is 19.1. The molecule has 1 aliphatic heterocycles. The van der Waals surface area contributed by atoms with Crippen molar-refractivity contribution in [1.82, 2.24) is 15.7 Å². The number of nitrogens with zero attached hydrogens (tertiary/aromatic N) is 1. The van der Waals surface area contributed by atoms with Gasteiger partial charge in [-0.2, -0.15) is 0 Å². The Morgan fingerprint density at radius 1 is 1.09 bits per heavy atom. The number of hydroxylamine groups is 1. The third kappa shape index (κ3) is 6.93. The normalized spacial score (nSPS) is 16.7. The Morgan fingerprint density at radius 3 is 2.27 bits per heavy atom. The molecule has 2 amide bonds. The van der Waals surface area contributed by atoms with Gasteiger partial charge in [0.25, 0.3) is 11.8 Å². The smallest absolute Gasteiger partial charge is 0.268 e. The number of amides is 2. The van der Waals surface area contributed by atoms with Crippen molar-refractivity contribution in [3.05, 3.63) is 70.8 Å². The van der Waals surface area contributed by atoms with Gasteiger partial charge in [0, 0.05) is 30.8 Å². The molecule has 1 fully saturated rings. The van der Waals surface area contributed by atoms with E-state index >= 15 is 0 Å². The summed E-state index contributed by atoms with van der Waals surface area (Å²) in [5, 5.41) is 20.7. The average molecular weight is 458 g/mol. The molecule has 0 aromatic heterocycles. The van der Waals surface area contributed by atoms with Gasteiger partial charge in [-0.15, -0.1) is 0 Å². The van der Waals surface area contributed by atoms with Crippen LogP contribution in [0.5, 0.6) is 0 Å². The third-order valence-electron chi connectivity index (χ3n) is 5.37. The topological polar surface area (TPSA) is 111 Å². The first-order valence-corrected chi connectivity index (χ1v) is 10.7. The summed E-state index contributed by atoms with van der Waals surface area (Å²) in [5.41, 5.74) is 3.73. The molecule has 4 N–H and O–H groups in total. The monoisotopic (exact) mass is 457 g/mol. The molecule has 0 spiro atoms. The Morgan fingerprint density at radius 2 is 1.70 bits per heavy atom. The summed E-state index contributed by atoms with van der Waals surface area (Å²) >= 11 is 0. The number of hydrogen-bond donors (Lipinski definition) is 4. The van der Waals surface area contributed by atoms with Crippen LogP contribution >= 0.6 is 0 Å². The summed E-state index contributed by atoms with van der Waals surface area (Å²) in [6, 6.07) is 12.1. The van der Waals surface area contributed by atoms with E-state index in [2.05, 4.69) is 10.2 Å². The molecule has 1 heterocycles. The van der Waals surface area contributed by atoms with E-state index in [4.69, 9.17) is 9.94 Å². The number of aliphatic hydroxyl groups excluding tert-OH is 1. The van der Waals surface area contributed by atoms with Gasteiger partial charge in [0.15, 0.2) is 0 Å². The summed E-state index contributed by atoms with van der Waals surface area (Å²) < 4.78 is 20.1. The quantitative estimate of drug-likeness (QED) is 0.274. The highest BCUT2D eigenvalue weighted by molar-refractivity contribution is 5.97. The molecule has 1 saturated heterocycles. The molecule has 1 aliphatic rings. The lowest BCUT2D eigenvalue weighted by molar-refractivity contribution is -0.133. The summed E-state index contributed by atoms with van der Waals surface area (Å²) in [6.07, 6.45) is 0.198. The molecular weight excluding hydrogens is 429 g/mol. The van der Waals surface area contributed by atoms with Crippen molar-refractivity contribution in [2.45, 2.75) is 25.6 Å². The molecule has 0 radical (unpaired) electrons. The van der Waals surface area contributed by atoms with E-state index in [1.54, 1.807) is 0 Å². The number of benzene rings is 2. The Labute approximate surface area is 191 Å². The van der Waals surface area contributed by atoms with Crippen LogP contribution in [0.15, 0.2) is 48.5 Å². The molecule has 2 aromatic carbocycles. The van der Waals surface area contributed by atoms with Crippen molar-refractivity contribution in [2.24, 2.45) is 0 Å². The predicted molar refractivity (Wildman–Crippen MR) is 121 cm³/mol. The van der Waals surface area contributed by atoms with E-state index in [0.29, 0.717) is 5.56 Å². The minimum atomic E-state index is -1.33. The van der Waals surface area contributed by atoms with Crippen LogP contribution in [0.1, 0.15) is 34.0 Å². The SMILES string of the molecule is C[C@@H](O)[C@H](NC(=O)c1ccc(/C(F)=C\c2ccc(CN3CCOCC3)cc2)cc1)C(=O)NO. The van der Waals surface area contributed by atoms with Gasteiger partial charge < -0.3 is 15.2 Å². The summed E-state index contributed by atoms with van der Waals surface area (Å²) in [7, 11) is 0. The number of hydrogen-bond acceptors (Lipinski definition) is 6. The molecule has 2 aromatic rings. The molecule has 9 heteroatoms. The molecule has 2 atom stereocenters. The highest BCUT2D eigenvalue weighted by Crippen LogP contribution is 2.21. The fourth-order valence-corrected chi connectivity index (χ4v) is 3.45. The minimum Gasteiger partial charge on any atom is -0.391 e. The van der Waals surface area contributed by atoms with Crippen molar-refractivity contribution in [3.8, 4) is 0 Å². The maximum Gasteiger partial charge on any atom is 0.268 e. The zero-order valence-corrected chi connectivity index (χ0v) is 18.3. The van der Waals surface area contributed by atoms with E-state index in [-0.39, 0.29) is 5.56 Å². The second-order valence-electron chi connectivity index (χ2n) is 7.87. The predicted octanol–water partition coefficient (Wildman–Crippen LogP) is 1.97. The Bertz CT molecular complexity index is 971. The van der Waals surface area contributed by atoms with Gasteiger partial charge in [-0.05, 0) is 36.3 Å². The molecule has 0 bridgehead atoms. The highest BCUT2D eigenvalue weighted by Gasteiger charge is 2.25. The molecule has 33 heavy (non-hydrogen) atoms. The zero-order chi connectivity index (χ0) is 23.8. The van der Waals surface area contributed by atoms with E-state index in [0.717, 1.165) is 44.0 Å². The number of morpholine rings is 1. The Hall–Kier alpha value is -3.11. The van der Waals surface area contributed by atoms with Crippen LogP contribution in [-0.4, -0.2) is 65.5 Å². The number of rotatable bonds is 8. The summed E-state index contributed by atoms with van der Waals surface area (Å²) in [6.45, 7) is 5.42. The Kier molecular flexibility index (Phi) is 8.67. The fraction of sp³-hybridized carbons (Fsp3) is 0.333. The number of aliphatic hydroxyl groups is 1. The van der Waals surface area contributed by atoms with Crippen LogP contribution in [0.3, 0.4) is 0 Å². The van der Waals surface area contributed by atoms with Crippen LogP contribution < -0.4 is 10.8 Å². The van der Waals surface area contributed by atoms with Gasteiger partial charge in [0.2, 0.25) is 0 Å². The van der Waals surface area contributed by atoms with Gasteiger partial charge in [-0.3, -0.25) is 19.7 Å². The lowest BCUT2D eigenvalue weighted by atomic mass is 10.1. The molecule has 0 saturated carbocycles. The second kappa shape index (κ2) is 11.7. The van der Waals surface area contributed by atoms with Crippen molar-refractivity contribution in [3.63, 3.8) is 0 Å². The first-order valence-electron chi connectivity index (χ1n) is 10.7. The van der Waals surface area contributed by atoms with Crippen LogP contribution in [-0.2, 0) is 16.1 Å². The zero-order valence-electron chi connectivity index (χ0n) is 18.3. The van der Waals surface area contributed by atoms with Crippen LogP contribution in [0, 0.1) is 0 Å². The first-order chi connectivity index (χ1) is 15.9. The number of nitrogens with one attached hydrogen (secondary N) is 2. The molecule has 176 valence electrons. The maximum atomic E-state index is 14.7. The first kappa shape index (κ1) is 24.5. The van der Waals surface area contributed by atoms with Crippen LogP contribution in [0.4, 0.5) is 4.39 Å². The lowest BCUT2D eigenvalue weighted by Gasteiger charge is -2.26. The second-order valence-corrected chi connectivity index (χ2v) is 7.87. The van der Waals surface area contributed by atoms with Crippen molar-refractivity contribution < 1.29 is 29.0 Å². The molecule has 0 unspecified atom stereocenters. The average Bonchev–Trinajstić information content (AvgIpc) is 2.83. The van der Waals surface area contributed by atoms with Gasteiger partial charge in [0.1, 0.15) is 11.9 Å². The third-order valence-corrected chi connectivity index (χ3v) is 5.37. The molecule has 0 aliphatic carbocycles. The molecule has 3 rings (SSSR count). The van der Waals surface area contributed by atoms with E-state index < -0.39 is 29.8 Å². The number of carbonyl (C=O) groups is 2. The molecular formula is C24H28FN3O5. The van der Waals surface area contributed by atoms with Crippen LogP contribution in [0.25, 0.3) is 11.9 Å². The largest absolute Gasteiger partial charge is 0.391 e. The fourth-order valence-electron chi connectivity index (χ4n) is 3.45. The van der Waals surface area contributed by atoms with Gasteiger partial charge in [0.05, 0.1) is 19.3 Å². The van der Waals surface area contributed by atoms with Gasteiger partial charge in [-0.25, -0.2) is 9.87 Å². The van der Waals surface area contributed by atoms with E-state index in [1.807, 2.05) is 24.3 Å². The molecule has 8 nitrogen and oxygen atoms in total. The van der Waals surface area contributed by atoms with E-state index in [9.17, 15) is 19.1 Å². The number of halogens is 1. The van der Waals surface area contributed by atoms with Crippen molar-refractivity contribution in [2.75, 3.05) is 26.3 Å². The van der Waals surface area contributed by atoms with Gasteiger partial charge in [-0.1, -0.05) is 36.4 Å².